The molecule has 0 amide bonds. The van der Waals surface area contributed by atoms with Crippen LogP contribution in [0.15, 0.2) is 121 Å². The third-order valence-electron chi connectivity index (χ3n) is 14.2. The highest BCUT2D eigenvalue weighted by molar-refractivity contribution is 5.95. The molecular weight excluding hydrogens is 685 g/mol. The summed E-state index contributed by atoms with van der Waals surface area (Å²) >= 11 is 0. The van der Waals surface area contributed by atoms with Crippen LogP contribution in [0, 0.1) is 13.8 Å². The van der Waals surface area contributed by atoms with E-state index in [2.05, 4.69) is 149 Å². The van der Waals surface area contributed by atoms with E-state index in [1.54, 1.807) is 11.1 Å². The minimum atomic E-state index is -0.305. The van der Waals surface area contributed by atoms with Gasteiger partial charge in [0.25, 0.3) is 0 Å². The molecule has 3 aliphatic rings. The molecule has 9 rings (SSSR count). The molecule has 1 spiro atoms. The van der Waals surface area contributed by atoms with E-state index in [0.717, 1.165) is 6.42 Å². The van der Waals surface area contributed by atoms with Crippen LogP contribution in [0.2, 0.25) is 0 Å². The van der Waals surface area contributed by atoms with Gasteiger partial charge in [-0.2, -0.15) is 0 Å². The van der Waals surface area contributed by atoms with Crippen molar-refractivity contribution in [1.82, 2.24) is 0 Å². The van der Waals surface area contributed by atoms with E-state index in [0.29, 0.717) is 0 Å². The monoisotopic (exact) mass is 746 g/mol. The van der Waals surface area contributed by atoms with E-state index in [1.807, 2.05) is 0 Å². The van der Waals surface area contributed by atoms with Gasteiger partial charge < -0.3 is 0 Å². The van der Waals surface area contributed by atoms with Crippen LogP contribution in [0.3, 0.4) is 0 Å². The molecule has 0 N–H and O–H groups in total. The SMILES string of the molecule is CCCCCCCCC1(CCCCCCCC)c2cc(C)ccc2-c2ccc(Cc3ccc4c(c3)C3(c5ccccc5-c5ccccc53)c3cc(C)ccc3-4)cc21. The lowest BCUT2D eigenvalue weighted by Gasteiger charge is -2.33. The first-order valence-corrected chi connectivity index (χ1v) is 22.7. The van der Waals surface area contributed by atoms with Gasteiger partial charge in [-0.25, -0.2) is 0 Å². The first kappa shape index (κ1) is 37.9. The topological polar surface area (TPSA) is 0 Å². The Morgan fingerprint density at radius 2 is 0.737 bits per heavy atom. The zero-order chi connectivity index (χ0) is 39.0. The summed E-state index contributed by atoms with van der Waals surface area (Å²) in [5.41, 5.74) is 22.8. The molecule has 0 fully saturated rings. The van der Waals surface area contributed by atoms with Crippen molar-refractivity contribution in [2.45, 2.75) is 135 Å². The van der Waals surface area contributed by atoms with Crippen LogP contribution >= 0.6 is 0 Å². The van der Waals surface area contributed by atoms with E-state index < -0.39 is 0 Å². The second kappa shape index (κ2) is 15.9. The summed E-state index contributed by atoms with van der Waals surface area (Å²) in [6, 6.07) is 48.0. The van der Waals surface area contributed by atoms with Crippen molar-refractivity contribution in [2.24, 2.45) is 0 Å². The predicted molar refractivity (Wildman–Crippen MR) is 244 cm³/mol. The van der Waals surface area contributed by atoms with E-state index in [-0.39, 0.29) is 10.8 Å². The lowest BCUT2D eigenvalue weighted by molar-refractivity contribution is 0.397. The van der Waals surface area contributed by atoms with Gasteiger partial charge in [-0.3, -0.25) is 0 Å². The van der Waals surface area contributed by atoms with Gasteiger partial charge in [-0.15, -0.1) is 0 Å². The van der Waals surface area contributed by atoms with Crippen molar-refractivity contribution in [3.8, 4) is 33.4 Å². The maximum atomic E-state index is 2.67. The molecule has 0 saturated heterocycles. The van der Waals surface area contributed by atoms with Crippen LogP contribution in [0.25, 0.3) is 33.4 Å². The van der Waals surface area contributed by atoms with Crippen molar-refractivity contribution >= 4 is 0 Å². The van der Waals surface area contributed by atoms with E-state index in [9.17, 15) is 0 Å². The fourth-order valence-electron chi connectivity index (χ4n) is 11.5. The van der Waals surface area contributed by atoms with Gasteiger partial charge in [0.1, 0.15) is 0 Å². The quantitative estimate of drug-likeness (QED) is 0.0864. The van der Waals surface area contributed by atoms with Crippen LogP contribution in [0.4, 0.5) is 0 Å². The van der Waals surface area contributed by atoms with Crippen LogP contribution in [0.5, 0.6) is 0 Å². The first-order chi connectivity index (χ1) is 28.0. The molecule has 0 bridgehead atoms. The van der Waals surface area contributed by atoms with Crippen molar-refractivity contribution in [3.05, 3.63) is 177 Å². The summed E-state index contributed by atoms with van der Waals surface area (Å²) in [4.78, 5) is 0. The molecule has 0 heteroatoms. The zero-order valence-corrected chi connectivity index (χ0v) is 35.2. The molecule has 0 aliphatic heterocycles. The normalized spacial score (nSPS) is 14.6. The van der Waals surface area contributed by atoms with Gasteiger partial charge in [-0.05, 0) is 111 Å². The summed E-state index contributed by atoms with van der Waals surface area (Å²) in [6.07, 6.45) is 19.6. The van der Waals surface area contributed by atoms with Crippen molar-refractivity contribution in [3.63, 3.8) is 0 Å². The van der Waals surface area contributed by atoms with Gasteiger partial charge in [0.15, 0.2) is 0 Å². The van der Waals surface area contributed by atoms with E-state index >= 15 is 0 Å². The maximum absolute atomic E-state index is 2.67. The number of hydrogen-bond acceptors (Lipinski definition) is 0. The molecule has 6 aromatic carbocycles. The Labute approximate surface area is 343 Å². The summed E-state index contributed by atoms with van der Waals surface area (Å²) in [7, 11) is 0. The highest BCUT2D eigenvalue weighted by Crippen LogP contribution is 2.63. The number of benzene rings is 6. The van der Waals surface area contributed by atoms with Crippen molar-refractivity contribution < 1.29 is 0 Å². The lowest BCUT2D eigenvalue weighted by atomic mass is 9.69. The zero-order valence-electron chi connectivity index (χ0n) is 35.2. The Bertz CT molecular complexity index is 2340. The first-order valence-electron chi connectivity index (χ1n) is 22.7. The lowest BCUT2D eigenvalue weighted by Crippen LogP contribution is -2.26. The summed E-state index contributed by atoms with van der Waals surface area (Å²) in [6.45, 7) is 9.21. The Morgan fingerprint density at radius 3 is 1.28 bits per heavy atom. The summed E-state index contributed by atoms with van der Waals surface area (Å²) < 4.78 is 0. The Morgan fingerprint density at radius 1 is 0.351 bits per heavy atom. The second-order valence-corrected chi connectivity index (χ2v) is 18.0. The average molecular weight is 747 g/mol. The average Bonchev–Trinajstić information content (AvgIpc) is 3.79. The summed E-state index contributed by atoms with van der Waals surface area (Å²) in [5.74, 6) is 0. The number of unbranched alkanes of at least 4 members (excludes halogenated alkanes) is 10. The maximum Gasteiger partial charge on any atom is 0.0725 e. The number of aryl methyl sites for hydroxylation is 2. The van der Waals surface area contributed by atoms with Crippen LogP contribution in [-0.4, -0.2) is 0 Å². The smallest absolute Gasteiger partial charge is 0.0654 e. The molecule has 0 saturated carbocycles. The van der Waals surface area contributed by atoms with Gasteiger partial charge in [0.05, 0.1) is 5.41 Å². The Balaban J connectivity index is 1.11. The van der Waals surface area contributed by atoms with Gasteiger partial charge in [0, 0.05) is 5.41 Å². The highest BCUT2D eigenvalue weighted by atomic mass is 14.5. The molecule has 6 aromatic rings. The van der Waals surface area contributed by atoms with Crippen molar-refractivity contribution in [2.75, 3.05) is 0 Å². The van der Waals surface area contributed by atoms with Crippen molar-refractivity contribution in [1.29, 1.82) is 0 Å². The molecule has 0 radical (unpaired) electrons. The molecule has 290 valence electrons. The van der Waals surface area contributed by atoms with Gasteiger partial charge in [-0.1, -0.05) is 223 Å². The summed E-state index contributed by atoms with van der Waals surface area (Å²) in [5, 5.41) is 0. The standard InChI is InChI=1S/C57H62/c1-5-7-9-11-13-19-33-56(34-20-14-12-10-8-6-2)52-35-40(3)25-29-46(52)47-31-27-42(38-53(47)56)37-43-28-32-49-48-30-26-41(4)36-54(48)57(55(49)39-43)50-23-17-15-21-44(50)45-22-16-18-24-51(45)57/h15-18,21-32,35-36,38-39H,5-14,19-20,33-34,37H2,1-4H3. The second-order valence-electron chi connectivity index (χ2n) is 18.0. The van der Waals surface area contributed by atoms with E-state index in [1.165, 1.54) is 168 Å². The van der Waals surface area contributed by atoms with E-state index in [4.69, 9.17) is 0 Å². The minimum absolute atomic E-state index is 0.0982. The number of rotatable bonds is 16. The van der Waals surface area contributed by atoms with Gasteiger partial charge >= 0.3 is 0 Å². The minimum Gasteiger partial charge on any atom is -0.0654 e. The Hall–Kier alpha value is -4.68. The molecule has 3 aliphatic carbocycles. The fraction of sp³-hybridized carbons (Fsp3) is 0.368. The molecule has 0 nitrogen and oxygen atoms in total. The van der Waals surface area contributed by atoms with Gasteiger partial charge in [0.2, 0.25) is 0 Å². The Kier molecular flexibility index (Phi) is 10.6. The van der Waals surface area contributed by atoms with Crippen LogP contribution in [0.1, 0.15) is 159 Å². The molecule has 0 atom stereocenters. The van der Waals surface area contributed by atoms with Crippen LogP contribution < -0.4 is 0 Å². The largest absolute Gasteiger partial charge is 0.0725 e. The van der Waals surface area contributed by atoms with Crippen LogP contribution in [-0.2, 0) is 17.3 Å². The fourth-order valence-corrected chi connectivity index (χ4v) is 11.5. The molecule has 0 unspecified atom stereocenters. The number of hydrogen-bond donors (Lipinski definition) is 0. The number of fused-ring (bicyclic) bond motifs is 13. The molecule has 0 heterocycles. The molecule has 57 heavy (non-hydrogen) atoms. The molecule has 0 aromatic heterocycles. The highest BCUT2D eigenvalue weighted by Gasteiger charge is 2.51. The molecular formula is C57H62. The predicted octanol–water partition coefficient (Wildman–Crippen LogP) is 16.0. The third kappa shape index (κ3) is 6.43. The third-order valence-corrected chi connectivity index (χ3v) is 14.2.